The Hall–Kier alpha value is -1.58. The molecule has 1 heterocycles. The fraction of sp³-hybridized carbons (Fsp3) is 0.333. The highest BCUT2D eigenvalue weighted by atomic mass is 15.3. The molecule has 2 rings (SSSR count). The Balaban J connectivity index is 3.02. The zero-order valence-electron chi connectivity index (χ0n) is 7.97. The Morgan fingerprint density at radius 1 is 0.923 bits per heavy atom. The molecule has 3 N–H and O–H groups in total. The van der Waals surface area contributed by atoms with Crippen molar-refractivity contribution >= 4 is 16.7 Å². The van der Waals surface area contributed by atoms with E-state index in [1.807, 2.05) is 20.8 Å². The molecule has 4 heteroatoms. The lowest BCUT2D eigenvalue weighted by Crippen LogP contribution is -1.97. The lowest BCUT2D eigenvalue weighted by molar-refractivity contribution is 0.957. The molecule has 0 aliphatic heterocycles. The lowest BCUT2D eigenvalue weighted by atomic mass is 10.0. The quantitative estimate of drug-likeness (QED) is 0.597. The van der Waals surface area contributed by atoms with Gasteiger partial charge in [-0.15, -0.1) is 0 Å². The molecule has 1 aromatic carbocycles. The molecule has 68 valence electrons. The van der Waals surface area contributed by atoms with Crippen LogP contribution in [-0.2, 0) is 0 Å². The molecule has 0 atom stereocenters. The van der Waals surface area contributed by atoms with Crippen LogP contribution in [0.5, 0.6) is 0 Å². The van der Waals surface area contributed by atoms with E-state index in [9.17, 15) is 0 Å². The summed E-state index contributed by atoms with van der Waals surface area (Å²) in [6.07, 6.45) is 0. The van der Waals surface area contributed by atoms with E-state index in [4.69, 9.17) is 5.73 Å². The first-order valence-corrected chi connectivity index (χ1v) is 4.18. The van der Waals surface area contributed by atoms with E-state index >= 15 is 0 Å². The highest BCUT2D eigenvalue weighted by Gasteiger charge is 2.11. The van der Waals surface area contributed by atoms with E-state index in [0.29, 0.717) is 0 Å². The van der Waals surface area contributed by atoms with Crippen LogP contribution in [-0.4, -0.2) is 15.4 Å². The number of fused-ring (bicyclic) bond motifs is 1. The molecule has 0 unspecified atom stereocenters. The molecule has 0 aliphatic carbocycles. The molecule has 0 fully saturated rings. The molecular weight excluding hydrogens is 164 g/mol. The number of aromatic nitrogens is 3. The smallest absolute Gasteiger partial charge is 0.118 e. The number of anilines is 1. The van der Waals surface area contributed by atoms with Crippen LogP contribution in [0.1, 0.15) is 16.7 Å². The van der Waals surface area contributed by atoms with Crippen molar-refractivity contribution in [3.63, 3.8) is 0 Å². The number of nitrogens with two attached hydrogens (primary N) is 1. The second-order valence-corrected chi connectivity index (χ2v) is 3.31. The average Bonchev–Trinajstić information content (AvgIpc) is 2.59. The zero-order chi connectivity index (χ0) is 9.59. The molecule has 0 radical (unpaired) electrons. The van der Waals surface area contributed by atoms with Crippen molar-refractivity contribution in [2.24, 2.45) is 0 Å². The lowest BCUT2D eigenvalue weighted by Gasteiger charge is -2.07. The Morgan fingerprint density at radius 3 is 2.08 bits per heavy atom. The van der Waals surface area contributed by atoms with Crippen molar-refractivity contribution in [3.05, 3.63) is 16.7 Å². The van der Waals surface area contributed by atoms with Gasteiger partial charge < -0.3 is 5.73 Å². The number of H-pyrrole nitrogens is 1. The van der Waals surface area contributed by atoms with Gasteiger partial charge in [-0.1, -0.05) is 0 Å². The number of aromatic amines is 1. The van der Waals surface area contributed by atoms with Gasteiger partial charge in [0, 0.05) is 11.3 Å². The van der Waals surface area contributed by atoms with Crippen molar-refractivity contribution in [3.8, 4) is 0 Å². The number of nitrogens with one attached hydrogen (secondary N) is 1. The number of hydrogen-bond donors (Lipinski definition) is 2. The Morgan fingerprint density at radius 2 is 1.46 bits per heavy atom. The van der Waals surface area contributed by atoms with E-state index in [1.54, 1.807) is 0 Å². The minimum absolute atomic E-state index is 0.818. The minimum atomic E-state index is 0.818. The number of aryl methyl sites for hydroxylation is 2. The summed E-state index contributed by atoms with van der Waals surface area (Å²) < 4.78 is 0. The van der Waals surface area contributed by atoms with E-state index < -0.39 is 0 Å². The first-order valence-electron chi connectivity index (χ1n) is 4.18. The molecule has 0 saturated carbocycles. The van der Waals surface area contributed by atoms with Gasteiger partial charge in [-0.2, -0.15) is 15.4 Å². The topological polar surface area (TPSA) is 67.6 Å². The van der Waals surface area contributed by atoms with Crippen LogP contribution >= 0.6 is 0 Å². The van der Waals surface area contributed by atoms with Crippen LogP contribution in [0.25, 0.3) is 11.0 Å². The Bertz CT molecular complexity index is 428. The number of nitrogens with zero attached hydrogens (tertiary/aromatic N) is 2. The van der Waals surface area contributed by atoms with E-state index in [0.717, 1.165) is 33.4 Å². The van der Waals surface area contributed by atoms with Gasteiger partial charge in [-0.25, -0.2) is 0 Å². The van der Waals surface area contributed by atoms with Gasteiger partial charge in [0.2, 0.25) is 0 Å². The third-order valence-electron chi connectivity index (χ3n) is 2.63. The fourth-order valence-electron chi connectivity index (χ4n) is 1.54. The van der Waals surface area contributed by atoms with Crippen molar-refractivity contribution in [1.29, 1.82) is 0 Å². The second-order valence-electron chi connectivity index (χ2n) is 3.31. The summed E-state index contributed by atoms with van der Waals surface area (Å²) in [6.45, 7) is 5.98. The maximum Gasteiger partial charge on any atom is 0.118 e. The molecule has 0 saturated heterocycles. The standard InChI is InChI=1S/C9H12N4/c1-4-5(2)8-9(12-13-11-8)6(3)7(4)10/h10H2,1-3H3,(H,11,12,13). The van der Waals surface area contributed by atoms with Crippen LogP contribution in [0.3, 0.4) is 0 Å². The predicted octanol–water partition coefficient (Wildman–Crippen LogP) is 1.47. The molecule has 13 heavy (non-hydrogen) atoms. The summed E-state index contributed by atoms with van der Waals surface area (Å²) >= 11 is 0. The second kappa shape index (κ2) is 2.45. The van der Waals surface area contributed by atoms with Gasteiger partial charge in [0.05, 0.1) is 0 Å². The molecule has 2 aromatic rings. The maximum absolute atomic E-state index is 5.93. The summed E-state index contributed by atoms with van der Waals surface area (Å²) in [5, 5.41) is 10.8. The summed E-state index contributed by atoms with van der Waals surface area (Å²) in [4.78, 5) is 0. The van der Waals surface area contributed by atoms with Gasteiger partial charge in [0.15, 0.2) is 0 Å². The van der Waals surface area contributed by atoms with E-state index in [-0.39, 0.29) is 0 Å². The van der Waals surface area contributed by atoms with Crippen LogP contribution in [0.15, 0.2) is 0 Å². The SMILES string of the molecule is Cc1c(N)c(C)c2n[nH]nc2c1C. The summed E-state index contributed by atoms with van der Waals surface area (Å²) in [5.41, 5.74) is 11.7. The molecule has 0 aliphatic rings. The van der Waals surface area contributed by atoms with Crippen molar-refractivity contribution < 1.29 is 0 Å². The number of nitrogen functional groups attached to an aromatic ring is 1. The monoisotopic (exact) mass is 176 g/mol. The molecule has 0 amide bonds. The molecule has 0 spiro atoms. The summed E-state index contributed by atoms with van der Waals surface area (Å²) in [6, 6.07) is 0. The molecule has 4 nitrogen and oxygen atoms in total. The third kappa shape index (κ3) is 0.915. The van der Waals surface area contributed by atoms with E-state index in [2.05, 4.69) is 15.4 Å². The fourth-order valence-corrected chi connectivity index (χ4v) is 1.54. The van der Waals surface area contributed by atoms with E-state index in [1.165, 1.54) is 0 Å². The first-order chi connectivity index (χ1) is 6.13. The zero-order valence-corrected chi connectivity index (χ0v) is 7.97. The maximum atomic E-state index is 5.93. The largest absolute Gasteiger partial charge is 0.398 e. The Labute approximate surface area is 76.1 Å². The average molecular weight is 176 g/mol. The highest BCUT2D eigenvalue weighted by molar-refractivity contribution is 5.87. The van der Waals surface area contributed by atoms with Gasteiger partial charge in [-0.05, 0) is 31.9 Å². The minimum Gasteiger partial charge on any atom is -0.398 e. The first kappa shape index (κ1) is 8.04. The van der Waals surface area contributed by atoms with Gasteiger partial charge in [0.1, 0.15) is 11.0 Å². The highest BCUT2D eigenvalue weighted by Crippen LogP contribution is 2.27. The van der Waals surface area contributed by atoms with Crippen molar-refractivity contribution in [1.82, 2.24) is 15.4 Å². The predicted molar refractivity (Wildman–Crippen MR) is 52.5 cm³/mol. The van der Waals surface area contributed by atoms with Crippen LogP contribution in [0.2, 0.25) is 0 Å². The number of hydrogen-bond acceptors (Lipinski definition) is 3. The van der Waals surface area contributed by atoms with Crippen LogP contribution in [0.4, 0.5) is 5.69 Å². The molecule has 1 aromatic heterocycles. The Kier molecular flexibility index (Phi) is 1.52. The van der Waals surface area contributed by atoms with Crippen molar-refractivity contribution in [2.75, 3.05) is 5.73 Å². The third-order valence-corrected chi connectivity index (χ3v) is 2.63. The van der Waals surface area contributed by atoms with Crippen molar-refractivity contribution in [2.45, 2.75) is 20.8 Å². The number of benzene rings is 1. The summed E-state index contributed by atoms with van der Waals surface area (Å²) in [7, 11) is 0. The van der Waals surface area contributed by atoms with Crippen LogP contribution < -0.4 is 5.73 Å². The summed E-state index contributed by atoms with van der Waals surface area (Å²) in [5.74, 6) is 0. The van der Waals surface area contributed by atoms with Gasteiger partial charge >= 0.3 is 0 Å². The van der Waals surface area contributed by atoms with Crippen LogP contribution in [0, 0.1) is 20.8 Å². The molecule has 0 bridgehead atoms. The molecular formula is C9H12N4. The normalized spacial score (nSPS) is 11.0. The number of rotatable bonds is 0. The van der Waals surface area contributed by atoms with Gasteiger partial charge in [0.25, 0.3) is 0 Å². The van der Waals surface area contributed by atoms with Gasteiger partial charge in [-0.3, -0.25) is 0 Å².